The lowest BCUT2D eigenvalue weighted by Gasteiger charge is -2.08. The average molecular weight is 193 g/mol. The van der Waals surface area contributed by atoms with E-state index in [1.165, 1.54) is 6.33 Å². The molecule has 0 radical (unpaired) electrons. The molecule has 1 unspecified atom stereocenters. The van der Waals surface area contributed by atoms with Crippen molar-refractivity contribution >= 4 is 0 Å². The van der Waals surface area contributed by atoms with Crippen molar-refractivity contribution in [1.82, 2.24) is 14.8 Å². The molecule has 5 heteroatoms. The van der Waals surface area contributed by atoms with Crippen LogP contribution in [0.4, 0.5) is 0 Å². The summed E-state index contributed by atoms with van der Waals surface area (Å²) >= 11 is 0. The van der Waals surface area contributed by atoms with Gasteiger partial charge in [-0.05, 0) is 12.5 Å². The lowest BCUT2D eigenvalue weighted by molar-refractivity contribution is 0.150. The van der Waals surface area contributed by atoms with Crippen LogP contribution in [0.3, 0.4) is 0 Å². The van der Waals surface area contributed by atoms with Crippen molar-refractivity contribution in [3.05, 3.63) is 36.3 Å². The van der Waals surface area contributed by atoms with Crippen molar-refractivity contribution in [2.75, 3.05) is 0 Å². The van der Waals surface area contributed by atoms with Gasteiger partial charge in [-0.15, -0.1) is 0 Å². The van der Waals surface area contributed by atoms with Gasteiger partial charge in [0, 0.05) is 5.56 Å². The van der Waals surface area contributed by atoms with E-state index >= 15 is 0 Å². The molecular weight excluding hydrogens is 182 g/mol. The molecule has 0 aliphatic heterocycles. The van der Waals surface area contributed by atoms with Crippen LogP contribution in [0.1, 0.15) is 17.2 Å². The van der Waals surface area contributed by atoms with E-state index in [1.54, 1.807) is 23.5 Å². The van der Waals surface area contributed by atoms with Gasteiger partial charge in [0.2, 0.25) is 0 Å². The van der Waals surface area contributed by atoms with Crippen LogP contribution in [-0.4, -0.2) is 19.9 Å². The molecule has 2 heterocycles. The molecule has 2 aromatic heterocycles. The van der Waals surface area contributed by atoms with Gasteiger partial charge in [-0.2, -0.15) is 5.10 Å². The lowest BCUT2D eigenvalue weighted by Crippen LogP contribution is -2.09. The van der Waals surface area contributed by atoms with Gasteiger partial charge >= 0.3 is 0 Å². The molecular formula is C9H11N3O2. The second-order valence-corrected chi connectivity index (χ2v) is 3.14. The van der Waals surface area contributed by atoms with E-state index < -0.39 is 6.10 Å². The fourth-order valence-electron chi connectivity index (χ4n) is 1.31. The Balaban J connectivity index is 2.10. The minimum absolute atomic E-state index is 0.389. The molecule has 1 N–H and O–H groups in total. The molecule has 5 nitrogen and oxygen atoms in total. The minimum Gasteiger partial charge on any atom is -0.472 e. The van der Waals surface area contributed by atoms with Crippen molar-refractivity contribution in [2.24, 2.45) is 0 Å². The van der Waals surface area contributed by atoms with Crippen LogP contribution in [0, 0.1) is 6.92 Å². The Morgan fingerprint density at radius 2 is 2.43 bits per heavy atom. The quantitative estimate of drug-likeness (QED) is 0.787. The van der Waals surface area contributed by atoms with E-state index in [0.717, 1.165) is 11.1 Å². The van der Waals surface area contributed by atoms with E-state index in [-0.39, 0.29) is 0 Å². The zero-order valence-corrected chi connectivity index (χ0v) is 7.79. The van der Waals surface area contributed by atoms with Crippen molar-refractivity contribution in [1.29, 1.82) is 0 Å². The summed E-state index contributed by atoms with van der Waals surface area (Å²) in [6.45, 7) is 2.28. The largest absolute Gasteiger partial charge is 0.472 e. The van der Waals surface area contributed by atoms with E-state index in [2.05, 4.69) is 10.1 Å². The number of furan rings is 1. The Kier molecular flexibility index (Phi) is 2.32. The highest BCUT2D eigenvalue weighted by molar-refractivity contribution is 5.21. The number of nitrogens with zero attached hydrogens (tertiary/aromatic N) is 3. The van der Waals surface area contributed by atoms with Crippen LogP contribution in [-0.2, 0) is 6.54 Å². The smallest absolute Gasteiger partial charge is 0.137 e. The van der Waals surface area contributed by atoms with Gasteiger partial charge in [0.15, 0.2) is 0 Å². The zero-order valence-electron chi connectivity index (χ0n) is 7.79. The Morgan fingerprint density at radius 1 is 1.57 bits per heavy atom. The Hall–Kier alpha value is -1.62. The van der Waals surface area contributed by atoms with Gasteiger partial charge in [0.05, 0.1) is 19.1 Å². The van der Waals surface area contributed by atoms with Gasteiger partial charge in [-0.25, -0.2) is 4.98 Å². The third-order valence-electron chi connectivity index (χ3n) is 2.08. The Morgan fingerprint density at radius 3 is 3.00 bits per heavy atom. The third kappa shape index (κ3) is 1.67. The van der Waals surface area contributed by atoms with Crippen molar-refractivity contribution in [3.8, 4) is 0 Å². The second kappa shape index (κ2) is 3.63. The van der Waals surface area contributed by atoms with Gasteiger partial charge in [-0.1, -0.05) is 0 Å². The first kappa shape index (κ1) is 8.96. The number of aliphatic hydroxyl groups excluding tert-OH is 1. The number of aromatic nitrogens is 3. The number of aryl methyl sites for hydroxylation is 1. The summed E-state index contributed by atoms with van der Waals surface area (Å²) in [5, 5.41) is 13.7. The second-order valence-electron chi connectivity index (χ2n) is 3.14. The third-order valence-corrected chi connectivity index (χ3v) is 2.08. The Bertz CT molecular complexity index is 394. The molecule has 0 spiro atoms. The van der Waals surface area contributed by atoms with Crippen LogP contribution < -0.4 is 0 Å². The molecule has 0 fully saturated rings. The van der Waals surface area contributed by atoms with Crippen LogP contribution in [0.25, 0.3) is 0 Å². The highest BCUT2D eigenvalue weighted by Crippen LogP contribution is 2.19. The normalized spacial score (nSPS) is 13.0. The molecule has 0 bridgehead atoms. The van der Waals surface area contributed by atoms with Crippen LogP contribution in [0.15, 0.2) is 29.6 Å². The van der Waals surface area contributed by atoms with E-state index in [1.807, 2.05) is 6.92 Å². The number of rotatable bonds is 3. The fourth-order valence-corrected chi connectivity index (χ4v) is 1.31. The minimum atomic E-state index is -0.601. The average Bonchev–Trinajstić information content (AvgIpc) is 2.75. The summed E-state index contributed by atoms with van der Waals surface area (Å²) in [6.07, 6.45) is 5.57. The zero-order chi connectivity index (χ0) is 9.97. The molecule has 74 valence electrons. The molecule has 1 atom stereocenters. The van der Waals surface area contributed by atoms with E-state index in [0.29, 0.717) is 6.54 Å². The van der Waals surface area contributed by atoms with Crippen LogP contribution in [0.2, 0.25) is 0 Å². The van der Waals surface area contributed by atoms with E-state index in [9.17, 15) is 5.11 Å². The fraction of sp³-hybridized carbons (Fsp3) is 0.333. The summed E-state index contributed by atoms with van der Waals surface area (Å²) in [7, 11) is 0. The number of hydrogen-bond acceptors (Lipinski definition) is 4. The number of aliphatic hydroxyl groups is 1. The summed E-state index contributed by atoms with van der Waals surface area (Å²) in [5.74, 6) is 0. The summed E-state index contributed by atoms with van der Waals surface area (Å²) < 4.78 is 6.56. The molecule has 0 saturated carbocycles. The lowest BCUT2D eigenvalue weighted by atomic mass is 10.1. The highest BCUT2D eigenvalue weighted by Gasteiger charge is 2.12. The maximum atomic E-state index is 9.81. The first-order valence-corrected chi connectivity index (χ1v) is 4.30. The van der Waals surface area contributed by atoms with Crippen molar-refractivity contribution < 1.29 is 9.52 Å². The monoisotopic (exact) mass is 193 g/mol. The van der Waals surface area contributed by atoms with Gasteiger partial charge in [0.25, 0.3) is 0 Å². The van der Waals surface area contributed by atoms with Crippen molar-refractivity contribution in [2.45, 2.75) is 19.6 Å². The van der Waals surface area contributed by atoms with Gasteiger partial charge in [0.1, 0.15) is 18.8 Å². The SMILES string of the molecule is Cc1cocc1C(O)Cn1cncn1. The molecule has 0 aliphatic rings. The first-order chi connectivity index (χ1) is 6.77. The van der Waals surface area contributed by atoms with Crippen molar-refractivity contribution in [3.63, 3.8) is 0 Å². The first-order valence-electron chi connectivity index (χ1n) is 4.30. The molecule has 2 aromatic rings. The van der Waals surface area contributed by atoms with Crippen LogP contribution in [0.5, 0.6) is 0 Å². The molecule has 0 aliphatic carbocycles. The van der Waals surface area contributed by atoms with E-state index in [4.69, 9.17) is 4.42 Å². The molecule has 2 rings (SSSR count). The topological polar surface area (TPSA) is 64.1 Å². The summed E-state index contributed by atoms with van der Waals surface area (Å²) in [6, 6.07) is 0. The predicted molar refractivity (Wildman–Crippen MR) is 48.4 cm³/mol. The molecule has 0 aromatic carbocycles. The van der Waals surface area contributed by atoms with Gasteiger partial charge in [-0.3, -0.25) is 4.68 Å². The maximum absolute atomic E-state index is 9.81. The Labute approximate surface area is 81.0 Å². The van der Waals surface area contributed by atoms with Gasteiger partial charge < -0.3 is 9.52 Å². The summed E-state index contributed by atoms with van der Waals surface area (Å²) in [5.41, 5.74) is 1.73. The molecule has 0 amide bonds. The maximum Gasteiger partial charge on any atom is 0.137 e. The molecule has 0 saturated heterocycles. The summed E-state index contributed by atoms with van der Waals surface area (Å²) in [4.78, 5) is 3.80. The molecule has 14 heavy (non-hydrogen) atoms. The number of hydrogen-bond donors (Lipinski definition) is 1. The van der Waals surface area contributed by atoms with Crippen LogP contribution >= 0.6 is 0 Å². The predicted octanol–water partition coefficient (Wildman–Crippen LogP) is 0.913. The standard InChI is InChI=1S/C9H11N3O2/c1-7-3-14-4-8(7)9(13)2-12-6-10-5-11-12/h3-6,9,13H,2H2,1H3. The highest BCUT2D eigenvalue weighted by atomic mass is 16.3.